The molecule has 1 heterocycles. The molecule has 0 amide bonds. The largest absolute Gasteiger partial charge is 0.481 e. The molecule has 6 heteroatoms. The molecule has 0 aromatic heterocycles. The molecular weight excluding hydrogens is 296 g/mol. The zero-order valence-corrected chi connectivity index (χ0v) is 12.7. The number of aliphatic carboxylic acids is 1. The van der Waals surface area contributed by atoms with Gasteiger partial charge in [-0.05, 0) is 37.5 Å². The van der Waals surface area contributed by atoms with Crippen LogP contribution in [0.2, 0.25) is 0 Å². The van der Waals surface area contributed by atoms with Crippen LogP contribution in [-0.2, 0) is 11.3 Å². The molecule has 1 aromatic rings. The van der Waals surface area contributed by atoms with Crippen LogP contribution in [0.25, 0.3) is 0 Å². The van der Waals surface area contributed by atoms with Crippen molar-refractivity contribution in [1.82, 2.24) is 4.90 Å². The fourth-order valence-corrected chi connectivity index (χ4v) is 3.11. The highest BCUT2D eigenvalue weighted by Gasteiger charge is 2.29. The van der Waals surface area contributed by atoms with Gasteiger partial charge in [0.25, 0.3) is 5.76 Å². The molecule has 1 N–H and O–H groups in total. The fraction of sp³-hybridized carbons (Fsp3) is 0.533. The summed E-state index contributed by atoms with van der Waals surface area (Å²) in [5.74, 6) is -3.46. The van der Waals surface area contributed by atoms with E-state index in [4.69, 9.17) is 5.11 Å². The summed E-state index contributed by atoms with van der Waals surface area (Å²) in [6, 6.07) is 7.39. The first-order valence-corrected chi connectivity index (χ1v) is 7.84. The second-order valence-electron chi connectivity index (χ2n) is 5.41. The smallest absolute Gasteiger partial charge is 0.307 e. The molecule has 1 aromatic carbocycles. The molecule has 2 rings (SSSR count). The minimum atomic E-state index is -2.41. The van der Waals surface area contributed by atoms with Crippen LogP contribution in [0.3, 0.4) is 0 Å². The highest BCUT2D eigenvalue weighted by atomic mass is 32.2. The second kappa shape index (κ2) is 7.22. The number of hydrogen-bond donors (Lipinski definition) is 1. The highest BCUT2D eigenvalue weighted by Crippen LogP contribution is 2.27. The lowest BCUT2D eigenvalue weighted by Gasteiger charge is -2.36. The van der Waals surface area contributed by atoms with Crippen LogP contribution >= 0.6 is 11.8 Å². The fourth-order valence-electron chi connectivity index (χ4n) is 2.61. The average molecular weight is 315 g/mol. The van der Waals surface area contributed by atoms with E-state index >= 15 is 0 Å². The number of carboxylic acid groups (broad SMARTS) is 1. The second-order valence-corrected chi connectivity index (χ2v) is 6.48. The Balaban J connectivity index is 1.97. The predicted molar refractivity (Wildman–Crippen MR) is 78.5 cm³/mol. The summed E-state index contributed by atoms with van der Waals surface area (Å²) < 4.78 is 24.5. The lowest BCUT2D eigenvalue weighted by atomic mass is 9.93. The first kappa shape index (κ1) is 16.2. The molecule has 2 atom stereocenters. The summed E-state index contributed by atoms with van der Waals surface area (Å²) in [4.78, 5) is 13.8. The number of halogens is 2. The number of nitrogens with zero attached hydrogens (tertiary/aromatic N) is 1. The van der Waals surface area contributed by atoms with Gasteiger partial charge in [0.2, 0.25) is 0 Å². The van der Waals surface area contributed by atoms with Crippen molar-refractivity contribution in [2.45, 2.75) is 43.0 Å². The van der Waals surface area contributed by atoms with Crippen LogP contribution in [0.15, 0.2) is 29.2 Å². The number of alkyl halides is 2. The molecule has 116 valence electrons. The minimum Gasteiger partial charge on any atom is -0.481 e. The van der Waals surface area contributed by atoms with E-state index in [1.165, 1.54) is 0 Å². The maximum absolute atomic E-state index is 12.3. The summed E-state index contributed by atoms with van der Waals surface area (Å²) in [5.41, 5.74) is 1.02. The quantitative estimate of drug-likeness (QED) is 0.841. The number of carbonyl (C=O) groups is 1. The topological polar surface area (TPSA) is 40.5 Å². The Morgan fingerprint density at radius 1 is 1.38 bits per heavy atom. The van der Waals surface area contributed by atoms with Crippen molar-refractivity contribution in [3.05, 3.63) is 29.8 Å². The molecule has 21 heavy (non-hydrogen) atoms. The number of hydrogen-bond acceptors (Lipinski definition) is 3. The van der Waals surface area contributed by atoms with Crippen molar-refractivity contribution in [2.24, 2.45) is 5.92 Å². The number of carboxylic acids is 1. The highest BCUT2D eigenvalue weighted by molar-refractivity contribution is 7.99. The molecule has 0 radical (unpaired) electrons. The third-order valence-electron chi connectivity index (χ3n) is 3.89. The van der Waals surface area contributed by atoms with Crippen LogP contribution in [0.5, 0.6) is 0 Å². The molecule has 0 spiro atoms. The molecule has 0 saturated carbocycles. The molecule has 1 aliphatic rings. The lowest BCUT2D eigenvalue weighted by molar-refractivity contribution is -0.144. The van der Waals surface area contributed by atoms with Crippen molar-refractivity contribution in [2.75, 3.05) is 6.54 Å². The van der Waals surface area contributed by atoms with Gasteiger partial charge in [-0.3, -0.25) is 9.69 Å². The SMILES string of the molecule is CC1CCC(C(=O)O)CN1Cc1ccc(SC(F)F)cc1. The summed E-state index contributed by atoms with van der Waals surface area (Å²) >= 11 is 0.533. The van der Waals surface area contributed by atoms with Crippen LogP contribution in [0, 0.1) is 5.92 Å². The molecule has 1 aliphatic heterocycles. The predicted octanol–water partition coefficient (Wildman–Crippen LogP) is 3.69. The van der Waals surface area contributed by atoms with Gasteiger partial charge in [0.1, 0.15) is 0 Å². The molecular formula is C15H19F2NO2S. The van der Waals surface area contributed by atoms with E-state index in [9.17, 15) is 13.6 Å². The van der Waals surface area contributed by atoms with E-state index in [-0.39, 0.29) is 5.92 Å². The molecule has 2 unspecified atom stereocenters. The zero-order valence-electron chi connectivity index (χ0n) is 11.8. The summed E-state index contributed by atoms with van der Waals surface area (Å²) in [5, 5.41) is 9.13. The van der Waals surface area contributed by atoms with Gasteiger partial charge in [-0.1, -0.05) is 23.9 Å². The zero-order chi connectivity index (χ0) is 15.4. The average Bonchev–Trinajstić information content (AvgIpc) is 2.42. The van der Waals surface area contributed by atoms with Crippen molar-refractivity contribution in [1.29, 1.82) is 0 Å². The normalized spacial score (nSPS) is 23.4. The van der Waals surface area contributed by atoms with E-state index in [1.54, 1.807) is 12.1 Å². The summed E-state index contributed by atoms with van der Waals surface area (Å²) in [7, 11) is 0. The van der Waals surface area contributed by atoms with Crippen LogP contribution < -0.4 is 0 Å². The Morgan fingerprint density at radius 2 is 2.05 bits per heavy atom. The van der Waals surface area contributed by atoms with Crippen LogP contribution in [0.1, 0.15) is 25.3 Å². The van der Waals surface area contributed by atoms with E-state index in [0.717, 1.165) is 18.4 Å². The van der Waals surface area contributed by atoms with E-state index in [2.05, 4.69) is 11.8 Å². The Bertz CT molecular complexity index is 481. The third kappa shape index (κ3) is 4.68. The molecule has 1 saturated heterocycles. The summed E-state index contributed by atoms with van der Waals surface area (Å²) in [6.45, 7) is 3.30. The number of benzene rings is 1. The van der Waals surface area contributed by atoms with Gasteiger partial charge in [0, 0.05) is 24.0 Å². The van der Waals surface area contributed by atoms with Gasteiger partial charge < -0.3 is 5.11 Å². The van der Waals surface area contributed by atoms with E-state index < -0.39 is 11.7 Å². The number of rotatable bonds is 5. The van der Waals surface area contributed by atoms with Crippen LogP contribution in [-0.4, -0.2) is 34.3 Å². The number of likely N-dealkylation sites (tertiary alicyclic amines) is 1. The van der Waals surface area contributed by atoms with E-state index in [1.807, 2.05) is 12.1 Å². The van der Waals surface area contributed by atoms with Gasteiger partial charge in [-0.2, -0.15) is 8.78 Å². The van der Waals surface area contributed by atoms with Gasteiger partial charge in [-0.15, -0.1) is 0 Å². The van der Waals surface area contributed by atoms with Crippen molar-refractivity contribution in [3.8, 4) is 0 Å². The Kier molecular flexibility index (Phi) is 5.58. The Morgan fingerprint density at radius 3 is 2.62 bits per heavy atom. The number of piperidine rings is 1. The van der Waals surface area contributed by atoms with Gasteiger partial charge >= 0.3 is 5.97 Å². The molecule has 3 nitrogen and oxygen atoms in total. The maximum atomic E-state index is 12.3. The Hall–Kier alpha value is -1.14. The van der Waals surface area contributed by atoms with Crippen molar-refractivity contribution in [3.63, 3.8) is 0 Å². The number of thioether (sulfide) groups is 1. The first-order valence-electron chi connectivity index (χ1n) is 6.96. The maximum Gasteiger partial charge on any atom is 0.307 e. The standard InChI is InChI=1S/C15H19F2NO2S/c1-10-2-5-12(14(19)20)9-18(10)8-11-3-6-13(7-4-11)21-15(16)17/h3-4,6-7,10,12,15H,2,5,8-9H2,1H3,(H,19,20). The monoisotopic (exact) mass is 315 g/mol. The Labute approximate surface area is 127 Å². The van der Waals surface area contributed by atoms with Crippen molar-refractivity contribution >= 4 is 17.7 Å². The summed E-state index contributed by atoms with van der Waals surface area (Å²) in [6.07, 6.45) is 1.59. The molecule has 0 bridgehead atoms. The van der Waals surface area contributed by atoms with E-state index in [0.29, 0.717) is 35.8 Å². The third-order valence-corrected chi connectivity index (χ3v) is 4.62. The first-order chi connectivity index (χ1) is 9.95. The minimum absolute atomic E-state index is 0.310. The molecule has 0 aliphatic carbocycles. The van der Waals surface area contributed by atoms with Gasteiger partial charge in [-0.25, -0.2) is 0 Å². The van der Waals surface area contributed by atoms with Crippen molar-refractivity contribution < 1.29 is 18.7 Å². The van der Waals surface area contributed by atoms with Gasteiger partial charge in [0.15, 0.2) is 0 Å². The van der Waals surface area contributed by atoms with Gasteiger partial charge in [0.05, 0.1) is 5.92 Å². The van der Waals surface area contributed by atoms with Crippen LogP contribution in [0.4, 0.5) is 8.78 Å². The molecule has 1 fully saturated rings. The lowest BCUT2D eigenvalue weighted by Crippen LogP contribution is -2.43.